The quantitative estimate of drug-likeness (QED) is 0.578. The van der Waals surface area contributed by atoms with Crippen molar-refractivity contribution >= 4 is 11.7 Å². The molecule has 1 rings (SSSR count). The van der Waals surface area contributed by atoms with Crippen LogP contribution in [0, 0.1) is 6.92 Å². The van der Waals surface area contributed by atoms with Gasteiger partial charge in [0.1, 0.15) is 5.75 Å². The highest BCUT2D eigenvalue weighted by Crippen LogP contribution is 2.25. The van der Waals surface area contributed by atoms with Crippen molar-refractivity contribution in [2.45, 2.75) is 27.7 Å². The highest BCUT2D eigenvalue weighted by molar-refractivity contribution is 5.70. The summed E-state index contributed by atoms with van der Waals surface area (Å²) in [6, 6.07) is 5.95. The Labute approximate surface area is 97.0 Å². The topological polar surface area (TPSA) is 29.5 Å². The number of carbonyl (C=O) groups is 1. The van der Waals surface area contributed by atoms with Crippen LogP contribution >= 0.6 is 0 Å². The molecule has 3 heteroatoms. The van der Waals surface area contributed by atoms with Gasteiger partial charge in [-0.1, -0.05) is 6.07 Å². The summed E-state index contributed by atoms with van der Waals surface area (Å²) >= 11 is 0. The molecule has 0 aliphatic rings. The molecule has 1 aromatic rings. The fraction of sp³-hybridized carbons (Fsp3) is 0.462. The van der Waals surface area contributed by atoms with E-state index in [4.69, 9.17) is 4.74 Å². The summed E-state index contributed by atoms with van der Waals surface area (Å²) in [5.74, 6) is 0.372. The molecule has 0 amide bonds. The zero-order valence-electron chi connectivity index (χ0n) is 10.4. The Balaban J connectivity index is 3.01. The normalized spacial score (nSPS) is 10.0. The van der Waals surface area contributed by atoms with E-state index in [0.29, 0.717) is 5.75 Å². The molecule has 0 aliphatic carbocycles. The summed E-state index contributed by atoms with van der Waals surface area (Å²) in [6.07, 6.45) is 0. The third-order valence-corrected chi connectivity index (χ3v) is 2.55. The third kappa shape index (κ3) is 2.99. The highest BCUT2D eigenvalue weighted by atomic mass is 16.5. The van der Waals surface area contributed by atoms with Crippen LogP contribution in [0.5, 0.6) is 5.75 Å². The molecule has 0 unspecified atom stereocenters. The summed E-state index contributed by atoms with van der Waals surface area (Å²) in [6.45, 7) is 9.45. The number of hydrogen-bond acceptors (Lipinski definition) is 3. The lowest BCUT2D eigenvalue weighted by molar-refractivity contribution is -0.131. The van der Waals surface area contributed by atoms with E-state index in [1.54, 1.807) is 0 Å². The average Bonchev–Trinajstić information content (AvgIpc) is 2.23. The molecule has 0 spiro atoms. The molecule has 0 aromatic heterocycles. The average molecular weight is 221 g/mol. The van der Waals surface area contributed by atoms with Gasteiger partial charge in [0, 0.05) is 31.8 Å². The molecular formula is C13H19NO2. The molecule has 0 bridgehead atoms. The van der Waals surface area contributed by atoms with Gasteiger partial charge in [-0.05, 0) is 32.4 Å². The number of carbonyl (C=O) groups excluding carboxylic acids is 1. The minimum Gasteiger partial charge on any atom is -0.426 e. The second-order valence-corrected chi connectivity index (χ2v) is 3.72. The van der Waals surface area contributed by atoms with Gasteiger partial charge in [0.25, 0.3) is 0 Å². The number of anilines is 1. The van der Waals surface area contributed by atoms with E-state index in [-0.39, 0.29) is 5.97 Å². The van der Waals surface area contributed by atoms with Crippen LogP contribution in [-0.4, -0.2) is 19.1 Å². The SMILES string of the molecule is CCN(CC)c1ccc(C)c(OC(C)=O)c1. The number of nitrogens with zero attached hydrogens (tertiary/aromatic N) is 1. The summed E-state index contributed by atoms with van der Waals surface area (Å²) in [5, 5.41) is 0. The molecule has 0 saturated carbocycles. The highest BCUT2D eigenvalue weighted by Gasteiger charge is 2.07. The van der Waals surface area contributed by atoms with Crippen molar-refractivity contribution in [1.29, 1.82) is 0 Å². The van der Waals surface area contributed by atoms with Crippen molar-refractivity contribution in [2.75, 3.05) is 18.0 Å². The maximum Gasteiger partial charge on any atom is 0.308 e. The molecule has 0 fully saturated rings. The van der Waals surface area contributed by atoms with Gasteiger partial charge >= 0.3 is 5.97 Å². The molecule has 0 N–H and O–H groups in total. The van der Waals surface area contributed by atoms with Crippen molar-refractivity contribution < 1.29 is 9.53 Å². The van der Waals surface area contributed by atoms with Crippen LogP contribution in [0.25, 0.3) is 0 Å². The van der Waals surface area contributed by atoms with Crippen LogP contribution in [0.1, 0.15) is 26.3 Å². The van der Waals surface area contributed by atoms with E-state index in [0.717, 1.165) is 24.3 Å². The molecule has 0 aliphatic heterocycles. The molecule has 0 heterocycles. The Bertz CT molecular complexity index is 370. The summed E-state index contributed by atoms with van der Waals surface area (Å²) in [4.78, 5) is 13.2. The Morgan fingerprint density at radius 1 is 1.31 bits per heavy atom. The van der Waals surface area contributed by atoms with Gasteiger partial charge in [0.15, 0.2) is 0 Å². The molecule has 88 valence electrons. The molecule has 16 heavy (non-hydrogen) atoms. The number of esters is 1. The number of ether oxygens (including phenoxy) is 1. The second-order valence-electron chi connectivity index (χ2n) is 3.72. The van der Waals surface area contributed by atoms with Crippen LogP contribution in [0.3, 0.4) is 0 Å². The lowest BCUT2D eigenvalue weighted by atomic mass is 10.2. The van der Waals surface area contributed by atoms with Crippen LogP contribution in [0.4, 0.5) is 5.69 Å². The lowest BCUT2D eigenvalue weighted by Gasteiger charge is -2.22. The van der Waals surface area contributed by atoms with E-state index in [1.165, 1.54) is 6.92 Å². The van der Waals surface area contributed by atoms with Gasteiger partial charge in [-0.2, -0.15) is 0 Å². The minimum atomic E-state index is -0.278. The number of aryl methyl sites for hydroxylation is 1. The van der Waals surface area contributed by atoms with E-state index >= 15 is 0 Å². The fourth-order valence-electron chi connectivity index (χ4n) is 1.64. The Hall–Kier alpha value is -1.51. The predicted octanol–water partition coefficient (Wildman–Crippen LogP) is 2.77. The summed E-state index contributed by atoms with van der Waals surface area (Å²) in [7, 11) is 0. The number of hydrogen-bond donors (Lipinski definition) is 0. The van der Waals surface area contributed by atoms with Gasteiger partial charge in [0.2, 0.25) is 0 Å². The predicted molar refractivity (Wildman–Crippen MR) is 66.0 cm³/mol. The Morgan fingerprint density at radius 2 is 1.94 bits per heavy atom. The Morgan fingerprint density at radius 3 is 2.44 bits per heavy atom. The smallest absolute Gasteiger partial charge is 0.308 e. The van der Waals surface area contributed by atoms with Crippen molar-refractivity contribution in [3.05, 3.63) is 23.8 Å². The Kier molecular flexibility index (Phi) is 4.35. The van der Waals surface area contributed by atoms with Gasteiger partial charge in [-0.3, -0.25) is 4.79 Å². The largest absolute Gasteiger partial charge is 0.426 e. The number of rotatable bonds is 4. The van der Waals surface area contributed by atoms with E-state index < -0.39 is 0 Å². The maximum absolute atomic E-state index is 10.9. The van der Waals surface area contributed by atoms with Crippen LogP contribution in [0.2, 0.25) is 0 Å². The van der Waals surface area contributed by atoms with Crippen LogP contribution in [0.15, 0.2) is 18.2 Å². The van der Waals surface area contributed by atoms with E-state index in [2.05, 4.69) is 24.8 Å². The van der Waals surface area contributed by atoms with Gasteiger partial charge in [0.05, 0.1) is 0 Å². The van der Waals surface area contributed by atoms with Gasteiger partial charge < -0.3 is 9.64 Å². The lowest BCUT2D eigenvalue weighted by Crippen LogP contribution is -2.21. The first kappa shape index (κ1) is 12.6. The fourth-order valence-corrected chi connectivity index (χ4v) is 1.64. The van der Waals surface area contributed by atoms with Crippen molar-refractivity contribution in [2.24, 2.45) is 0 Å². The van der Waals surface area contributed by atoms with Crippen molar-refractivity contribution in [1.82, 2.24) is 0 Å². The monoisotopic (exact) mass is 221 g/mol. The maximum atomic E-state index is 10.9. The first-order chi connectivity index (χ1) is 7.58. The minimum absolute atomic E-state index is 0.278. The number of benzene rings is 1. The first-order valence-electron chi connectivity index (χ1n) is 5.62. The molecular weight excluding hydrogens is 202 g/mol. The molecule has 0 saturated heterocycles. The summed E-state index contributed by atoms with van der Waals surface area (Å²) < 4.78 is 5.16. The molecule has 0 radical (unpaired) electrons. The third-order valence-electron chi connectivity index (χ3n) is 2.55. The van der Waals surface area contributed by atoms with Crippen LogP contribution in [-0.2, 0) is 4.79 Å². The van der Waals surface area contributed by atoms with Crippen molar-refractivity contribution in [3.8, 4) is 5.75 Å². The van der Waals surface area contributed by atoms with E-state index in [9.17, 15) is 4.79 Å². The van der Waals surface area contributed by atoms with Crippen LogP contribution < -0.4 is 9.64 Å². The summed E-state index contributed by atoms with van der Waals surface area (Å²) in [5.41, 5.74) is 2.07. The van der Waals surface area contributed by atoms with Gasteiger partial charge in [-0.25, -0.2) is 0 Å². The molecule has 1 aromatic carbocycles. The molecule has 3 nitrogen and oxygen atoms in total. The zero-order valence-corrected chi connectivity index (χ0v) is 10.4. The second kappa shape index (κ2) is 5.54. The van der Waals surface area contributed by atoms with Gasteiger partial charge in [-0.15, -0.1) is 0 Å². The first-order valence-corrected chi connectivity index (χ1v) is 5.62. The van der Waals surface area contributed by atoms with Crippen molar-refractivity contribution in [3.63, 3.8) is 0 Å². The van der Waals surface area contributed by atoms with E-state index in [1.807, 2.05) is 19.1 Å². The zero-order chi connectivity index (χ0) is 12.1. The molecule has 0 atom stereocenters. The standard InChI is InChI=1S/C13H19NO2/c1-5-14(6-2)12-8-7-10(3)13(9-12)16-11(4)15/h7-9H,5-6H2,1-4H3.